The van der Waals surface area contributed by atoms with E-state index in [4.69, 9.17) is 0 Å². The third-order valence-corrected chi connectivity index (χ3v) is 4.00. The summed E-state index contributed by atoms with van der Waals surface area (Å²) in [5, 5.41) is 2.77. The number of benzene rings is 3. The summed E-state index contributed by atoms with van der Waals surface area (Å²) in [4.78, 5) is 0. The second-order valence-corrected chi connectivity index (χ2v) is 5.04. The summed E-state index contributed by atoms with van der Waals surface area (Å²) in [6.45, 7) is 3.86. The summed E-state index contributed by atoms with van der Waals surface area (Å²) in [5.41, 5.74) is 6.82. The van der Waals surface area contributed by atoms with E-state index >= 15 is 0 Å². The number of hydrogen-bond donors (Lipinski definition) is 0. The van der Waals surface area contributed by atoms with E-state index in [1.54, 1.807) is 0 Å². The molecular formula is C19H14. The van der Waals surface area contributed by atoms with E-state index in [1.807, 2.05) is 6.08 Å². The lowest BCUT2D eigenvalue weighted by Crippen LogP contribution is -1.85. The van der Waals surface area contributed by atoms with Crippen molar-refractivity contribution in [3.63, 3.8) is 0 Å². The molecule has 0 spiro atoms. The smallest absolute Gasteiger partial charge is 0.00235 e. The lowest BCUT2D eigenvalue weighted by Gasteiger charge is -2.07. The highest BCUT2D eigenvalue weighted by Gasteiger charge is 2.21. The molecule has 4 rings (SSSR count). The fourth-order valence-electron chi connectivity index (χ4n) is 3.20. The van der Waals surface area contributed by atoms with E-state index in [0.29, 0.717) is 0 Å². The van der Waals surface area contributed by atoms with Gasteiger partial charge in [-0.15, -0.1) is 6.58 Å². The van der Waals surface area contributed by atoms with Gasteiger partial charge in [-0.25, -0.2) is 0 Å². The minimum Gasteiger partial charge on any atom is -0.103 e. The van der Waals surface area contributed by atoms with Gasteiger partial charge in [-0.1, -0.05) is 60.7 Å². The zero-order valence-corrected chi connectivity index (χ0v) is 10.7. The van der Waals surface area contributed by atoms with E-state index in [1.165, 1.54) is 38.6 Å². The van der Waals surface area contributed by atoms with Crippen molar-refractivity contribution < 1.29 is 0 Å². The number of rotatable bonds is 2. The van der Waals surface area contributed by atoms with Gasteiger partial charge in [0.2, 0.25) is 0 Å². The molecule has 0 radical (unpaired) electrons. The minimum absolute atomic E-state index is 0.927. The molecule has 1 aliphatic rings. The average Bonchev–Trinajstić information content (AvgIpc) is 2.79. The van der Waals surface area contributed by atoms with E-state index in [9.17, 15) is 0 Å². The molecule has 19 heavy (non-hydrogen) atoms. The van der Waals surface area contributed by atoms with E-state index in [-0.39, 0.29) is 0 Å². The van der Waals surface area contributed by atoms with E-state index in [0.717, 1.165) is 6.42 Å². The monoisotopic (exact) mass is 242 g/mol. The van der Waals surface area contributed by atoms with Crippen molar-refractivity contribution in [3.8, 4) is 22.3 Å². The summed E-state index contributed by atoms with van der Waals surface area (Å²) >= 11 is 0. The normalized spacial score (nSPS) is 11.6. The topological polar surface area (TPSA) is 0 Å². The van der Waals surface area contributed by atoms with Gasteiger partial charge in [0.25, 0.3) is 0 Å². The molecule has 0 nitrogen and oxygen atoms in total. The highest BCUT2D eigenvalue weighted by Crippen LogP contribution is 2.47. The van der Waals surface area contributed by atoms with Crippen LogP contribution in [0.4, 0.5) is 0 Å². The molecule has 0 fully saturated rings. The van der Waals surface area contributed by atoms with Crippen LogP contribution in [0, 0.1) is 0 Å². The predicted molar refractivity (Wildman–Crippen MR) is 82.3 cm³/mol. The minimum atomic E-state index is 0.927. The molecule has 0 amide bonds. The summed E-state index contributed by atoms with van der Waals surface area (Å²) in [6.07, 6.45) is 2.91. The first-order chi connectivity index (χ1) is 9.40. The van der Waals surface area contributed by atoms with Gasteiger partial charge in [0.15, 0.2) is 0 Å². The van der Waals surface area contributed by atoms with Crippen LogP contribution in [0.1, 0.15) is 5.56 Å². The molecule has 0 N–H and O–H groups in total. The zero-order valence-electron chi connectivity index (χ0n) is 10.7. The van der Waals surface area contributed by atoms with Gasteiger partial charge in [-0.2, -0.15) is 0 Å². The van der Waals surface area contributed by atoms with Crippen LogP contribution in [0.15, 0.2) is 67.3 Å². The van der Waals surface area contributed by atoms with Crippen molar-refractivity contribution in [2.75, 3.05) is 0 Å². The Morgan fingerprint density at radius 3 is 2.16 bits per heavy atom. The van der Waals surface area contributed by atoms with Gasteiger partial charge in [-0.3, -0.25) is 0 Å². The fraction of sp³-hybridized carbons (Fsp3) is 0.0526. The predicted octanol–water partition coefficient (Wildman–Crippen LogP) is 5.22. The number of allylic oxidation sites excluding steroid dienone is 1. The molecule has 0 saturated carbocycles. The molecule has 0 atom stereocenters. The molecule has 0 heterocycles. The molecule has 0 unspecified atom stereocenters. The molecule has 0 heteroatoms. The maximum absolute atomic E-state index is 3.86. The van der Waals surface area contributed by atoms with Crippen molar-refractivity contribution in [2.45, 2.75) is 6.42 Å². The summed E-state index contributed by atoms with van der Waals surface area (Å²) in [6, 6.07) is 19.8. The van der Waals surface area contributed by atoms with Gasteiger partial charge < -0.3 is 0 Å². The third kappa shape index (κ3) is 1.34. The van der Waals surface area contributed by atoms with Crippen LogP contribution in [0.5, 0.6) is 0 Å². The Balaban J connectivity index is 2.16. The number of hydrogen-bond acceptors (Lipinski definition) is 0. The van der Waals surface area contributed by atoms with Crippen LogP contribution in [0.2, 0.25) is 0 Å². The Hall–Kier alpha value is -2.34. The highest BCUT2D eigenvalue weighted by molar-refractivity contribution is 6.15. The second-order valence-electron chi connectivity index (χ2n) is 5.04. The second kappa shape index (κ2) is 3.83. The van der Waals surface area contributed by atoms with Crippen LogP contribution < -0.4 is 0 Å². The summed E-state index contributed by atoms with van der Waals surface area (Å²) < 4.78 is 0. The Morgan fingerprint density at radius 1 is 0.737 bits per heavy atom. The van der Waals surface area contributed by atoms with Crippen LogP contribution >= 0.6 is 0 Å². The molecule has 0 saturated heterocycles. The molecule has 1 aliphatic carbocycles. The lowest BCUT2D eigenvalue weighted by atomic mass is 9.97. The van der Waals surface area contributed by atoms with E-state index < -0.39 is 0 Å². The molecule has 0 bridgehead atoms. The lowest BCUT2D eigenvalue weighted by molar-refractivity contribution is 1.31. The summed E-state index contributed by atoms with van der Waals surface area (Å²) in [7, 11) is 0. The largest absolute Gasteiger partial charge is 0.103 e. The van der Waals surface area contributed by atoms with Crippen LogP contribution in [0.3, 0.4) is 0 Å². The molecule has 90 valence electrons. The van der Waals surface area contributed by atoms with Gasteiger partial charge in [0.05, 0.1) is 0 Å². The van der Waals surface area contributed by atoms with Gasteiger partial charge >= 0.3 is 0 Å². The van der Waals surface area contributed by atoms with Crippen molar-refractivity contribution in [3.05, 3.63) is 72.8 Å². The van der Waals surface area contributed by atoms with Crippen molar-refractivity contribution in [1.29, 1.82) is 0 Å². The molecule has 0 aromatic heterocycles. The Labute approximate surface area is 113 Å². The van der Waals surface area contributed by atoms with Crippen molar-refractivity contribution >= 4 is 10.8 Å². The SMILES string of the molecule is C=CCc1ccc2c3c(cccc13)-c1ccccc1-2. The van der Waals surface area contributed by atoms with Crippen LogP contribution in [0.25, 0.3) is 33.0 Å². The maximum atomic E-state index is 3.86. The zero-order chi connectivity index (χ0) is 12.8. The maximum Gasteiger partial charge on any atom is -0.00235 e. The van der Waals surface area contributed by atoms with Gasteiger partial charge in [0, 0.05) is 0 Å². The average molecular weight is 242 g/mol. The molecular weight excluding hydrogens is 228 g/mol. The standard InChI is InChI=1S/C19H14/c1-2-6-13-11-12-18-16-8-4-3-7-15(16)17-10-5-9-14(13)19(17)18/h2-5,7-12H,1,6H2. The Bertz CT molecular complexity index is 780. The van der Waals surface area contributed by atoms with Crippen molar-refractivity contribution in [1.82, 2.24) is 0 Å². The Kier molecular flexibility index (Phi) is 2.13. The molecule has 3 aromatic carbocycles. The highest BCUT2D eigenvalue weighted by atomic mass is 14.2. The third-order valence-electron chi connectivity index (χ3n) is 4.00. The van der Waals surface area contributed by atoms with Crippen LogP contribution in [-0.4, -0.2) is 0 Å². The summed E-state index contributed by atoms with van der Waals surface area (Å²) in [5.74, 6) is 0. The van der Waals surface area contributed by atoms with Gasteiger partial charge in [-0.05, 0) is 45.0 Å². The first-order valence-corrected chi connectivity index (χ1v) is 6.65. The van der Waals surface area contributed by atoms with Gasteiger partial charge in [0.1, 0.15) is 0 Å². The van der Waals surface area contributed by atoms with Crippen LogP contribution in [-0.2, 0) is 6.42 Å². The Morgan fingerprint density at radius 2 is 1.42 bits per heavy atom. The van der Waals surface area contributed by atoms with E-state index in [2.05, 4.69) is 61.2 Å². The van der Waals surface area contributed by atoms with Crippen molar-refractivity contribution in [2.24, 2.45) is 0 Å². The molecule has 0 aliphatic heterocycles. The molecule has 3 aromatic rings. The first kappa shape index (κ1) is 10.6. The first-order valence-electron chi connectivity index (χ1n) is 6.65. The number of fused-ring (bicyclic) bond motifs is 3. The fourth-order valence-corrected chi connectivity index (χ4v) is 3.20. The quantitative estimate of drug-likeness (QED) is 0.423.